The second-order valence-corrected chi connectivity index (χ2v) is 8.75. The molecule has 0 unspecified atom stereocenters. The number of hydrogen-bond donors (Lipinski definition) is 0. The Morgan fingerprint density at radius 1 is 0.750 bits per heavy atom. The van der Waals surface area contributed by atoms with E-state index in [-0.39, 0.29) is 6.04 Å². The molecular formula is C28H20ClN3. The van der Waals surface area contributed by atoms with Gasteiger partial charge in [-0.2, -0.15) is 5.26 Å². The Kier molecular flexibility index (Phi) is 4.24. The van der Waals surface area contributed by atoms with E-state index in [2.05, 4.69) is 71.9 Å². The number of benzene rings is 4. The molecule has 0 N–H and O–H groups in total. The lowest BCUT2D eigenvalue weighted by atomic mass is 9.81. The van der Waals surface area contributed by atoms with Gasteiger partial charge in [0.1, 0.15) is 5.54 Å². The largest absolute Gasteiger partial charge is 0.261 e. The number of nitriles is 1. The van der Waals surface area contributed by atoms with Crippen molar-refractivity contribution in [3.63, 3.8) is 0 Å². The van der Waals surface area contributed by atoms with E-state index in [0.29, 0.717) is 5.02 Å². The van der Waals surface area contributed by atoms with Crippen molar-refractivity contribution < 1.29 is 0 Å². The molecule has 1 atom stereocenters. The molecule has 0 bridgehead atoms. The summed E-state index contributed by atoms with van der Waals surface area (Å²) in [7, 11) is 0. The standard InChI is InChI=1S/C28H20ClN3/c29-21-14-16-22(17-15-21)32-28(18-27(31(32)19-30)20-8-2-1-3-9-20)25-12-6-4-10-23(25)24-11-5-7-13-26(24)28/h1-17,27H,18H2/t27-/m0/s1. The highest BCUT2D eigenvalue weighted by atomic mass is 35.5. The van der Waals surface area contributed by atoms with Gasteiger partial charge in [0, 0.05) is 11.4 Å². The highest BCUT2D eigenvalue weighted by molar-refractivity contribution is 6.30. The van der Waals surface area contributed by atoms with Crippen LogP contribution < -0.4 is 5.01 Å². The summed E-state index contributed by atoms with van der Waals surface area (Å²) in [6.07, 6.45) is 3.28. The number of fused-ring (bicyclic) bond motifs is 5. The third-order valence-corrected chi connectivity index (χ3v) is 7.01. The fraction of sp³-hybridized carbons (Fsp3) is 0.107. The average molecular weight is 434 g/mol. The first-order valence-electron chi connectivity index (χ1n) is 10.7. The highest BCUT2D eigenvalue weighted by Gasteiger charge is 2.57. The smallest absolute Gasteiger partial charge is 0.200 e. The van der Waals surface area contributed by atoms with Crippen LogP contribution in [-0.4, -0.2) is 5.01 Å². The lowest BCUT2D eigenvalue weighted by Crippen LogP contribution is -2.46. The minimum atomic E-state index is -0.489. The summed E-state index contributed by atoms with van der Waals surface area (Å²) in [6, 6.07) is 35.2. The first kappa shape index (κ1) is 19.0. The number of hydrazine groups is 1. The SMILES string of the molecule is N#CN1[C@H](c2ccccc2)CC2(c3ccccc3-c3ccccc32)N1c1ccc(Cl)cc1. The third kappa shape index (κ3) is 2.54. The Morgan fingerprint density at radius 2 is 1.31 bits per heavy atom. The molecule has 4 heteroatoms. The number of hydrogen-bond acceptors (Lipinski definition) is 3. The van der Waals surface area contributed by atoms with Crippen molar-refractivity contribution in [2.45, 2.75) is 18.0 Å². The quantitative estimate of drug-likeness (QED) is 0.321. The lowest BCUT2D eigenvalue weighted by Gasteiger charge is -2.40. The van der Waals surface area contributed by atoms with Crippen molar-refractivity contribution in [2.75, 3.05) is 5.01 Å². The molecule has 2 aliphatic rings. The molecule has 1 fully saturated rings. The summed E-state index contributed by atoms with van der Waals surface area (Å²) in [5.41, 5.74) is 6.51. The van der Waals surface area contributed by atoms with Gasteiger partial charge in [-0.25, -0.2) is 5.01 Å². The average Bonchev–Trinajstić information content (AvgIpc) is 3.34. The molecule has 1 heterocycles. The van der Waals surface area contributed by atoms with Gasteiger partial charge in [0.25, 0.3) is 0 Å². The minimum absolute atomic E-state index is 0.0870. The van der Waals surface area contributed by atoms with E-state index >= 15 is 0 Å². The molecule has 1 aliphatic carbocycles. The van der Waals surface area contributed by atoms with Crippen molar-refractivity contribution >= 4 is 17.3 Å². The molecule has 154 valence electrons. The van der Waals surface area contributed by atoms with Gasteiger partial charge in [0.2, 0.25) is 6.19 Å². The van der Waals surface area contributed by atoms with Crippen LogP contribution in [0.15, 0.2) is 103 Å². The zero-order valence-electron chi connectivity index (χ0n) is 17.3. The maximum atomic E-state index is 10.4. The first-order chi connectivity index (χ1) is 15.7. The second-order valence-electron chi connectivity index (χ2n) is 8.31. The summed E-state index contributed by atoms with van der Waals surface area (Å²) >= 11 is 6.23. The van der Waals surface area contributed by atoms with Crippen LogP contribution in [0.1, 0.15) is 29.2 Å². The highest BCUT2D eigenvalue weighted by Crippen LogP contribution is 2.60. The predicted octanol–water partition coefficient (Wildman–Crippen LogP) is 6.91. The van der Waals surface area contributed by atoms with Crippen LogP contribution in [0.4, 0.5) is 5.69 Å². The molecule has 0 aromatic heterocycles. The van der Waals surface area contributed by atoms with E-state index in [0.717, 1.165) is 17.7 Å². The van der Waals surface area contributed by atoms with Gasteiger partial charge in [-0.15, -0.1) is 0 Å². The summed E-state index contributed by atoms with van der Waals surface area (Å²) in [5, 5.41) is 15.1. The first-order valence-corrected chi connectivity index (χ1v) is 11.1. The second kappa shape index (κ2) is 7.15. The van der Waals surface area contributed by atoms with Gasteiger partial charge in [-0.1, -0.05) is 90.5 Å². The Morgan fingerprint density at radius 3 is 1.91 bits per heavy atom. The van der Waals surface area contributed by atoms with Gasteiger partial charge in [-0.05, 0) is 52.1 Å². The van der Waals surface area contributed by atoms with Crippen LogP contribution in [0.2, 0.25) is 5.02 Å². The van der Waals surface area contributed by atoms with Crippen LogP contribution in [-0.2, 0) is 5.54 Å². The number of anilines is 1. The Labute approximate surface area is 192 Å². The molecular weight excluding hydrogens is 414 g/mol. The normalized spacial score (nSPS) is 17.8. The molecule has 0 amide bonds. The van der Waals surface area contributed by atoms with Crippen LogP contribution in [0, 0.1) is 11.5 Å². The van der Waals surface area contributed by atoms with Crippen LogP contribution in [0.3, 0.4) is 0 Å². The molecule has 4 aromatic carbocycles. The van der Waals surface area contributed by atoms with E-state index in [9.17, 15) is 5.26 Å². The van der Waals surface area contributed by atoms with Gasteiger partial charge in [0.15, 0.2) is 0 Å². The maximum Gasteiger partial charge on any atom is 0.200 e. The summed E-state index contributed by atoms with van der Waals surface area (Å²) in [6.45, 7) is 0. The van der Waals surface area contributed by atoms with Crippen molar-refractivity contribution in [2.24, 2.45) is 0 Å². The van der Waals surface area contributed by atoms with E-state index in [4.69, 9.17) is 11.6 Å². The van der Waals surface area contributed by atoms with E-state index in [1.165, 1.54) is 22.3 Å². The maximum absolute atomic E-state index is 10.4. The van der Waals surface area contributed by atoms with E-state index in [1.54, 1.807) is 0 Å². The predicted molar refractivity (Wildman–Crippen MR) is 128 cm³/mol. The Balaban J connectivity index is 1.67. The topological polar surface area (TPSA) is 30.3 Å². The summed E-state index contributed by atoms with van der Waals surface area (Å²) in [4.78, 5) is 0. The minimum Gasteiger partial charge on any atom is -0.261 e. The number of halogens is 1. The zero-order valence-corrected chi connectivity index (χ0v) is 18.1. The molecule has 6 rings (SSSR count). The molecule has 0 saturated carbocycles. The zero-order chi connectivity index (χ0) is 21.7. The van der Waals surface area contributed by atoms with Crippen LogP contribution >= 0.6 is 11.6 Å². The molecule has 32 heavy (non-hydrogen) atoms. The van der Waals surface area contributed by atoms with Crippen molar-refractivity contribution in [1.82, 2.24) is 5.01 Å². The Bertz CT molecular complexity index is 1300. The van der Waals surface area contributed by atoms with Gasteiger partial charge >= 0.3 is 0 Å². The van der Waals surface area contributed by atoms with E-state index in [1.807, 2.05) is 47.5 Å². The Hall–Kier alpha value is -3.74. The van der Waals surface area contributed by atoms with Crippen molar-refractivity contribution in [3.8, 4) is 17.3 Å². The van der Waals surface area contributed by atoms with Crippen LogP contribution in [0.5, 0.6) is 0 Å². The van der Waals surface area contributed by atoms with Gasteiger partial charge in [-0.3, -0.25) is 5.01 Å². The van der Waals surface area contributed by atoms with E-state index < -0.39 is 5.54 Å². The molecule has 0 radical (unpaired) electrons. The lowest BCUT2D eigenvalue weighted by molar-refractivity contribution is 0.334. The fourth-order valence-corrected chi connectivity index (χ4v) is 5.63. The number of rotatable bonds is 2. The van der Waals surface area contributed by atoms with Crippen molar-refractivity contribution in [1.29, 1.82) is 5.26 Å². The van der Waals surface area contributed by atoms with Gasteiger partial charge < -0.3 is 0 Å². The van der Waals surface area contributed by atoms with Gasteiger partial charge in [0.05, 0.1) is 11.7 Å². The molecule has 3 nitrogen and oxygen atoms in total. The van der Waals surface area contributed by atoms with Crippen molar-refractivity contribution in [3.05, 3.63) is 125 Å². The third-order valence-electron chi connectivity index (χ3n) is 6.75. The molecule has 1 aliphatic heterocycles. The molecule has 4 aromatic rings. The monoisotopic (exact) mass is 433 g/mol. The summed E-state index contributed by atoms with van der Waals surface area (Å²) in [5.74, 6) is 0. The van der Waals surface area contributed by atoms with Crippen LogP contribution in [0.25, 0.3) is 11.1 Å². The molecule has 1 saturated heterocycles. The fourth-order valence-electron chi connectivity index (χ4n) is 5.50. The number of nitrogens with zero attached hydrogens (tertiary/aromatic N) is 3. The summed E-state index contributed by atoms with van der Waals surface area (Å²) < 4.78 is 0. The molecule has 1 spiro atoms.